The van der Waals surface area contributed by atoms with Crippen LogP contribution in [0.25, 0.3) is 0 Å². The molecule has 1 rings (SSSR count). The largest absolute Gasteiger partial charge is 0.0651 e. The van der Waals surface area contributed by atoms with Crippen molar-refractivity contribution in [3.63, 3.8) is 0 Å². The second-order valence-corrected chi connectivity index (χ2v) is 4.34. The molecule has 80 valence electrons. The molecule has 0 radical (unpaired) electrons. The van der Waals surface area contributed by atoms with Gasteiger partial charge < -0.3 is 0 Å². The predicted molar refractivity (Wildman–Crippen MR) is 64.4 cm³/mol. The van der Waals surface area contributed by atoms with Crippen molar-refractivity contribution in [3.8, 4) is 0 Å². The summed E-state index contributed by atoms with van der Waals surface area (Å²) in [5.41, 5.74) is 5.02. The molecule has 1 aliphatic carbocycles. The van der Waals surface area contributed by atoms with E-state index < -0.39 is 0 Å². The summed E-state index contributed by atoms with van der Waals surface area (Å²) in [7, 11) is 0. The van der Waals surface area contributed by atoms with Crippen LogP contribution in [0.2, 0.25) is 0 Å². The minimum atomic E-state index is 0.741. The number of hydrogen-bond acceptors (Lipinski definition) is 0. The second-order valence-electron chi connectivity index (χ2n) is 4.34. The lowest BCUT2D eigenvalue weighted by Gasteiger charge is -2.14. The van der Waals surface area contributed by atoms with Crippen LogP contribution in [0.4, 0.5) is 0 Å². The van der Waals surface area contributed by atoms with Crippen LogP contribution in [-0.2, 0) is 0 Å². The lowest BCUT2D eigenvalue weighted by molar-refractivity contribution is 0.694. The van der Waals surface area contributed by atoms with E-state index in [0.29, 0.717) is 0 Å². The summed E-state index contributed by atoms with van der Waals surface area (Å²) < 4.78 is 0. The Morgan fingerprint density at radius 2 is 1.71 bits per heavy atom. The van der Waals surface area contributed by atoms with Gasteiger partial charge in [0, 0.05) is 0 Å². The maximum absolute atomic E-state index is 2.47. The normalized spacial score (nSPS) is 21.7. The third kappa shape index (κ3) is 2.29. The van der Waals surface area contributed by atoms with E-state index in [-0.39, 0.29) is 0 Å². The van der Waals surface area contributed by atoms with Crippen molar-refractivity contribution in [2.45, 2.75) is 59.8 Å². The first kappa shape index (κ1) is 11.6. The van der Waals surface area contributed by atoms with Gasteiger partial charge in [-0.15, -0.1) is 0 Å². The molecule has 1 aliphatic rings. The van der Waals surface area contributed by atoms with Crippen molar-refractivity contribution in [1.82, 2.24) is 0 Å². The van der Waals surface area contributed by atoms with Gasteiger partial charge in [0.15, 0.2) is 0 Å². The van der Waals surface area contributed by atoms with Crippen molar-refractivity contribution in [1.29, 1.82) is 0 Å². The molecule has 0 saturated heterocycles. The molecule has 0 saturated carbocycles. The van der Waals surface area contributed by atoms with Crippen LogP contribution in [-0.4, -0.2) is 0 Å². The quantitative estimate of drug-likeness (QED) is 0.583. The molecule has 0 fully saturated rings. The molecule has 0 heteroatoms. The summed E-state index contributed by atoms with van der Waals surface area (Å²) in [4.78, 5) is 0. The van der Waals surface area contributed by atoms with Gasteiger partial charge in [0.05, 0.1) is 0 Å². The van der Waals surface area contributed by atoms with E-state index in [1.165, 1.54) is 32.1 Å². The van der Waals surface area contributed by atoms with Gasteiger partial charge >= 0.3 is 0 Å². The van der Waals surface area contributed by atoms with E-state index in [0.717, 1.165) is 5.92 Å². The number of hydrogen-bond donors (Lipinski definition) is 0. The van der Waals surface area contributed by atoms with Crippen molar-refractivity contribution in [3.05, 3.63) is 22.8 Å². The van der Waals surface area contributed by atoms with Crippen LogP contribution in [0.1, 0.15) is 59.8 Å². The van der Waals surface area contributed by atoms with Crippen molar-refractivity contribution >= 4 is 0 Å². The summed E-state index contributed by atoms with van der Waals surface area (Å²) in [6.45, 7) is 9.22. The average molecular weight is 192 g/mol. The molecule has 0 aliphatic heterocycles. The smallest absolute Gasteiger partial charge is 0.00124 e. The number of allylic oxidation sites excluding steroid dienone is 4. The van der Waals surface area contributed by atoms with Gasteiger partial charge in [-0.05, 0) is 30.8 Å². The van der Waals surface area contributed by atoms with E-state index in [1.807, 2.05) is 0 Å². The monoisotopic (exact) mass is 192 g/mol. The summed E-state index contributed by atoms with van der Waals surface area (Å²) in [5, 5.41) is 0. The molecule has 0 nitrogen and oxygen atoms in total. The fourth-order valence-corrected chi connectivity index (χ4v) is 2.50. The Bertz CT molecular complexity index is 243. The first-order valence-corrected chi connectivity index (χ1v) is 6.16. The zero-order chi connectivity index (χ0) is 10.6. The molecule has 0 aromatic heterocycles. The molecule has 1 atom stereocenters. The Labute approximate surface area is 89.1 Å². The molecular formula is C14H24. The van der Waals surface area contributed by atoms with E-state index in [4.69, 9.17) is 0 Å². The van der Waals surface area contributed by atoms with Crippen LogP contribution >= 0.6 is 0 Å². The van der Waals surface area contributed by atoms with Gasteiger partial charge in [-0.25, -0.2) is 0 Å². The zero-order valence-electron chi connectivity index (χ0n) is 10.2. The first-order chi connectivity index (χ1) is 6.74. The lowest BCUT2D eigenvalue weighted by Crippen LogP contribution is -1.99. The van der Waals surface area contributed by atoms with Gasteiger partial charge in [-0.2, -0.15) is 0 Å². The zero-order valence-corrected chi connectivity index (χ0v) is 10.2. The topological polar surface area (TPSA) is 0 Å². The maximum Gasteiger partial charge on any atom is -0.00124 e. The van der Waals surface area contributed by atoms with Gasteiger partial charge in [-0.3, -0.25) is 0 Å². The summed E-state index contributed by atoms with van der Waals surface area (Å²) >= 11 is 0. The second kappa shape index (κ2) is 5.38. The highest BCUT2D eigenvalue weighted by Crippen LogP contribution is 2.37. The Kier molecular flexibility index (Phi) is 4.44. The highest BCUT2D eigenvalue weighted by atomic mass is 14.3. The molecule has 14 heavy (non-hydrogen) atoms. The Balaban J connectivity index is 2.76. The molecule has 0 amide bonds. The summed E-state index contributed by atoms with van der Waals surface area (Å²) in [6.07, 6.45) is 8.85. The van der Waals surface area contributed by atoms with Crippen LogP contribution in [0.5, 0.6) is 0 Å². The lowest BCUT2D eigenvalue weighted by atomic mass is 9.91. The van der Waals surface area contributed by atoms with E-state index in [1.54, 1.807) is 16.7 Å². The van der Waals surface area contributed by atoms with Crippen molar-refractivity contribution in [2.75, 3.05) is 0 Å². The Morgan fingerprint density at radius 1 is 1.07 bits per heavy atom. The van der Waals surface area contributed by atoms with Crippen LogP contribution < -0.4 is 0 Å². The predicted octanol–water partition coefficient (Wildman–Crippen LogP) is 4.87. The van der Waals surface area contributed by atoms with E-state index in [2.05, 4.69) is 33.8 Å². The Hall–Kier alpha value is -0.520. The first-order valence-electron chi connectivity index (χ1n) is 6.16. The molecular weight excluding hydrogens is 168 g/mol. The molecule has 1 unspecified atom stereocenters. The maximum atomic E-state index is 2.47. The standard InChI is InChI=1S/C14H24/c1-5-8-13-10-12(7-3)14(9-6-2)11(13)4/h10-11H,5-9H2,1-4H3. The third-order valence-electron chi connectivity index (χ3n) is 3.29. The van der Waals surface area contributed by atoms with Gasteiger partial charge in [-0.1, -0.05) is 57.8 Å². The summed E-state index contributed by atoms with van der Waals surface area (Å²) in [5.74, 6) is 0.741. The van der Waals surface area contributed by atoms with Crippen LogP contribution in [0, 0.1) is 5.92 Å². The highest BCUT2D eigenvalue weighted by Gasteiger charge is 2.21. The SMILES string of the molecule is CCCC1=CC(CC)=C(CCC)C1C. The third-order valence-corrected chi connectivity index (χ3v) is 3.29. The fraction of sp³-hybridized carbons (Fsp3) is 0.714. The molecule has 0 aromatic carbocycles. The van der Waals surface area contributed by atoms with Gasteiger partial charge in [0.25, 0.3) is 0 Å². The molecule has 0 spiro atoms. The molecule has 0 aromatic rings. The van der Waals surface area contributed by atoms with Gasteiger partial charge in [0.2, 0.25) is 0 Å². The van der Waals surface area contributed by atoms with Crippen LogP contribution in [0.3, 0.4) is 0 Å². The Morgan fingerprint density at radius 3 is 2.21 bits per heavy atom. The molecule has 0 N–H and O–H groups in total. The van der Waals surface area contributed by atoms with E-state index >= 15 is 0 Å². The fourth-order valence-electron chi connectivity index (χ4n) is 2.50. The molecule has 0 heterocycles. The van der Waals surface area contributed by atoms with Crippen molar-refractivity contribution < 1.29 is 0 Å². The summed E-state index contributed by atoms with van der Waals surface area (Å²) in [6, 6.07) is 0. The minimum Gasteiger partial charge on any atom is -0.0651 e. The van der Waals surface area contributed by atoms with E-state index in [9.17, 15) is 0 Å². The van der Waals surface area contributed by atoms with Gasteiger partial charge in [0.1, 0.15) is 0 Å². The number of rotatable bonds is 5. The average Bonchev–Trinajstić information content (AvgIpc) is 2.47. The molecule has 0 bridgehead atoms. The van der Waals surface area contributed by atoms with Crippen LogP contribution in [0.15, 0.2) is 22.8 Å². The minimum absolute atomic E-state index is 0.741. The highest BCUT2D eigenvalue weighted by molar-refractivity contribution is 5.41. The van der Waals surface area contributed by atoms with Crippen molar-refractivity contribution in [2.24, 2.45) is 5.92 Å².